The van der Waals surface area contributed by atoms with Crippen molar-refractivity contribution < 1.29 is 23.8 Å². The third-order valence-electron chi connectivity index (χ3n) is 3.79. The number of nitrogen functional groups attached to an aromatic ring is 1. The van der Waals surface area contributed by atoms with Gasteiger partial charge in [-0.25, -0.2) is 4.79 Å². The largest absolute Gasteiger partial charge is 0.463 e. The topological polar surface area (TPSA) is 123 Å². The van der Waals surface area contributed by atoms with E-state index in [4.69, 9.17) is 19.9 Å². The van der Waals surface area contributed by atoms with Crippen LogP contribution in [0.15, 0.2) is 11.0 Å². The van der Waals surface area contributed by atoms with Crippen LogP contribution < -0.4 is 11.4 Å². The molecule has 1 saturated heterocycles. The predicted octanol–water partition coefficient (Wildman–Crippen LogP) is 0.560. The highest BCUT2D eigenvalue weighted by molar-refractivity contribution is 5.66. The van der Waals surface area contributed by atoms with E-state index in [0.717, 1.165) is 12.0 Å². The highest BCUT2D eigenvalue weighted by atomic mass is 16.6. The van der Waals surface area contributed by atoms with E-state index in [1.165, 1.54) is 18.4 Å². The minimum Gasteiger partial charge on any atom is -0.463 e. The molecule has 0 aliphatic carbocycles. The van der Waals surface area contributed by atoms with Gasteiger partial charge in [-0.05, 0) is 6.42 Å². The van der Waals surface area contributed by atoms with Crippen LogP contribution in [0.25, 0.3) is 0 Å². The molecule has 9 heteroatoms. The first-order chi connectivity index (χ1) is 11.8. The van der Waals surface area contributed by atoms with Crippen molar-refractivity contribution in [1.82, 2.24) is 9.55 Å². The lowest BCUT2D eigenvalue weighted by Crippen LogP contribution is -2.34. The number of hydrogen-bond acceptors (Lipinski definition) is 8. The standard InChI is InChI=1S/C16H23N3O6/c1-4-5-11-7-19(16(22)18-14(11)17)15-13(24-10(3)21)6-12(25-15)8-23-9(2)20/h7,12-13,15H,4-6,8H2,1-3H3,(H2,17,18,22)/t12-,13+,15+/m0/s1. The molecule has 0 unspecified atom stereocenters. The number of hydrogen-bond donors (Lipinski definition) is 1. The molecule has 0 amide bonds. The number of nitrogens with two attached hydrogens (primary N) is 1. The molecule has 1 fully saturated rings. The normalized spacial score (nSPS) is 22.6. The van der Waals surface area contributed by atoms with Gasteiger partial charge in [0.1, 0.15) is 18.5 Å². The van der Waals surface area contributed by atoms with Gasteiger partial charge in [-0.15, -0.1) is 0 Å². The molecule has 0 spiro atoms. The van der Waals surface area contributed by atoms with E-state index in [2.05, 4.69) is 4.98 Å². The zero-order valence-electron chi connectivity index (χ0n) is 14.6. The maximum Gasteiger partial charge on any atom is 0.351 e. The number of nitrogens with zero attached hydrogens (tertiary/aromatic N) is 2. The Bertz CT molecular complexity index is 702. The minimum absolute atomic E-state index is 0.0164. The van der Waals surface area contributed by atoms with Crippen molar-refractivity contribution in [2.24, 2.45) is 0 Å². The maximum atomic E-state index is 12.3. The molecule has 0 aromatic carbocycles. The van der Waals surface area contributed by atoms with Crippen molar-refractivity contribution in [1.29, 1.82) is 0 Å². The molecule has 2 heterocycles. The molecular formula is C16H23N3O6. The van der Waals surface area contributed by atoms with Gasteiger partial charge in [0, 0.05) is 32.0 Å². The Morgan fingerprint density at radius 1 is 1.40 bits per heavy atom. The summed E-state index contributed by atoms with van der Waals surface area (Å²) in [5.74, 6) is -0.744. The lowest BCUT2D eigenvalue weighted by molar-refractivity contribution is -0.153. The van der Waals surface area contributed by atoms with E-state index >= 15 is 0 Å². The summed E-state index contributed by atoms with van der Waals surface area (Å²) in [5.41, 5.74) is 5.92. The summed E-state index contributed by atoms with van der Waals surface area (Å²) in [7, 11) is 0. The number of anilines is 1. The average Bonchev–Trinajstić information content (AvgIpc) is 2.90. The molecule has 2 rings (SSSR count). The molecule has 3 atom stereocenters. The van der Waals surface area contributed by atoms with E-state index in [1.54, 1.807) is 6.20 Å². The molecule has 25 heavy (non-hydrogen) atoms. The fourth-order valence-corrected chi connectivity index (χ4v) is 2.76. The molecule has 0 saturated carbocycles. The molecule has 2 N–H and O–H groups in total. The lowest BCUT2D eigenvalue weighted by Gasteiger charge is -2.21. The highest BCUT2D eigenvalue weighted by Gasteiger charge is 2.40. The molecule has 1 aliphatic rings. The maximum absolute atomic E-state index is 12.3. The van der Waals surface area contributed by atoms with Crippen LogP contribution in [0, 0.1) is 0 Å². The van der Waals surface area contributed by atoms with Gasteiger partial charge in [0.15, 0.2) is 6.23 Å². The highest BCUT2D eigenvalue weighted by Crippen LogP contribution is 2.31. The van der Waals surface area contributed by atoms with Crippen LogP contribution in [-0.4, -0.2) is 40.3 Å². The number of aromatic nitrogens is 2. The van der Waals surface area contributed by atoms with E-state index < -0.39 is 36.1 Å². The van der Waals surface area contributed by atoms with E-state index in [0.29, 0.717) is 12.8 Å². The van der Waals surface area contributed by atoms with E-state index in [-0.39, 0.29) is 12.4 Å². The number of ether oxygens (including phenoxy) is 3. The van der Waals surface area contributed by atoms with Crippen LogP contribution in [0.1, 0.15) is 45.4 Å². The van der Waals surface area contributed by atoms with Crippen LogP contribution in [-0.2, 0) is 30.2 Å². The van der Waals surface area contributed by atoms with Gasteiger partial charge >= 0.3 is 17.6 Å². The molecule has 1 aliphatic heterocycles. The molecule has 1 aromatic rings. The molecular weight excluding hydrogens is 330 g/mol. The van der Waals surface area contributed by atoms with Gasteiger partial charge in [-0.3, -0.25) is 14.2 Å². The quantitative estimate of drug-likeness (QED) is 0.736. The zero-order chi connectivity index (χ0) is 18.6. The molecule has 9 nitrogen and oxygen atoms in total. The van der Waals surface area contributed by atoms with Crippen molar-refractivity contribution in [2.45, 2.75) is 58.5 Å². The number of carbonyl (C=O) groups excluding carboxylic acids is 2. The summed E-state index contributed by atoms with van der Waals surface area (Å²) < 4.78 is 17.3. The fraction of sp³-hybridized carbons (Fsp3) is 0.625. The minimum atomic E-state index is -0.847. The van der Waals surface area contributed by atoms with Gasteiger partial charge in [0.05, 0.1) is 6.10 Å². The lowest BCUT2D eigenvalue weighted by atomic mass is 10.1. The first kappa shape index (κ1) is 18.9. The fourth-order valence-electron chi connectivity index (χ4n) is 2.76. The monoisotopic (exact) mass is 353 g/mol. The van der Waals surface area contributed by atoms with E-state index in [9.17, 15) is 14.4 Å². The van der Waals surface area contributed by atoms with Gasteiger partial charge in [0.2, 0.25) is 0 Å². The van der Waals surface area contributed by atoms with Gasteiger partial charge in [0.25, 0.3) is 0 Å². The molecule has 138 valence electrons. The number of esters is 2. The van der Waals surface area contributed by atoms with Crippen molar-refractivity contribution >= 4 is 17.8 Å². The predicted molar refractivity (Wildman–Crippen MR) is 87.6 cm³/mol. The van der Waals surface area contributed by atoms with Gasteiger partial charge < -0.3 is 19.9 Å². The van der Waals surface area contributed by atoms with Crippen LogP contribution >= 0.6 is 0 Å². The zero-order valence-corrected chi connectivity index (χ0v) is 14.6. The first-order valence-corrected chi connectivity index (χ1v) is 8.15. The van der Waals surface area contributed by atoms with Gasteiger partial charge in [-0.1, -0.05) is 13.3 Å². The Labute approximate surface area is 145 Å². The second-order valence-corrected chi connectivity index (χ2v) is 5.93. The summed E-state index contributed by atoms with van der Waals surface area (Å²) in [5, 5.41) is 0. The van der Waals surface area contributed by atoms with Crippen molar-refractivity contribution in [3.05, 3.63) is 22.2 Å². The molecule has 1 aromatic heterocycles. The summed E-state index contributed by atoms with van der Waals surface area (Å²) in [6, 6.07) is 0. The Balaban J connectivity index is 2.29. The number of carbonyl (C=O) groups is 2. The van der Waals surface area contributed by atoms with Crippen molar-refractivity contribution in [3.8, 4) is 0 Å². The van der Waals surface area contributed by atoms with Crippen LogP contribution in [0.2, 0.25) is 0 Å². The summed E-state index contributed by atoms with van der Waals surface area (Å²) >= 11 is 0. The Morgan fingerprint density at radius 2 is 2.12 bits per heavy atom. The third-order valence-corrected chi connectivity index (χ3v) is 3.79. The van der Waals surface area contributed by atoms with E-state index in [1.807, 2.05) is 6.92 Å². The van der Waals surface area contributed by atoms with Crippen LogP contribution in [0.3, 0.4) is 0 Å². The van der Waals surface area contributed by atoms with Gasteiger partial charge in [-0.2, -0.15) is 4.98 Å². The Morgan fingerprint density at radius 3 is 2.72 bits per heavy atom. The molecule has 0 radical (unpaired) electrons. The average molecular weight is 353 g/mol. The second kappa shape index (κ2) is 8.11. The summed E-state index contributed by atoms with van der Waals surface area (Å²) in [4.78, 5) is 38.4. The number of rotatable bonds is 6. The third kappa shape index (κ3) is 4.79. The van der Waals surface area contributed by atoms with Crippen LogP contribution in [0.5, 0.6) is 0 Å². The number of aryl methyl sites for hydroxylation is 1. The Kier molecular flexibility index (Phi) is 6.13. The Hall–Kier alpha value is -2.42. The first-order valence-electron chi connectivity index (χ1n) is 8.15. The smallest absolute Gasteiger partial charge is 0.351 e. The van der Waals surface area contributed by atoms with Crippen LogP contribution in [0.4, 0.5) is 5.82 Å². The van der Waals surface area contributed by atoms with Crippen molar-refractivity contribution in [3.63, 3.8) is 0 Å². The SMILES string of the molecule is CCCc1cn([C@@H]2O[C@H](COC(C)=O)C[C@H]2OC(C)=O)c(=O)nc1N. The summed E-state index contributed by atoms with van der Waals surface area (Å²) in [6.45, 7) is 4.57. The second-order valence-electron chi connectivity index (χ2n) is 5.93. The summed E-state index contributed by atoms with van der Waals surface area (Å²) in [6.07, 6.45) is 1.36. The molecule has 0 bridgehead atoms. The van der Waals surface area contributed by atoms with Crippen molar-refractivity contribution in [2.75, 3.05) is 12.3 Å².